The Morgan fingerprint density at radius 2 is 2.27 bits per heavy atom. The molecular formula is C11H10FNO2. The van der Waals surface area contributed by atoms with Crippen molar-refractivity contribution >= 4 is 0 Å². The zero-order valence-corrected chi connectivity index (χ0v) is 8.07. The molecule has 1 atom stereocenters. The van der Waals surface area contributed by atoms with Gasteiger partial charge in [0.05, 0.1) is 25.4 Å². The SMILES string of the molecule is N#Cc1cccc(C2COCCO2)c1F. The van der Waals surface area contributed by atoms with Crippen molar-refractivity contribution in [2.75, 3.05) is 19.8 Å². The molecule has 1 unspecified atom stereocenters. The minimum atomic E-state index is -0.504. The molecule has 0 radical (unpaired) electrons. The van der Waals surface area contributed by atoms with Crippen molar-refractivity contribution < 1.29 is 13.9 Å². The first-order chi connectivity index (χ1) is 7.33. The van der Waals surface area contributed by atoms with Crippen LogP contribution in [-0.2, 0) is 9.47 Å². The molecular weight excluding hydrogens is 197 g/mol. The molecule has 1 aliphatic heterocycles. The molecule has 0 aliphatic carbocycles. The van der Waals surface area contributed by atoms with Crippen molar-refractivity contribution in [3.05, 3.63) is 35.1 Å². The molecule has 0 N–H and O–H groups in total. The van der Waals surface area contributed by atoms with Gasteiger partial charge in [0, 0.05) is 5.56 Å². The summed E-state index contributed by atoms with van der Waals surface area (Å²) in [7, 11) is 0. The molecule has 1 aliphatic rings. The maximum atomic E-state index is 13.7. The van der Waals surface area contributed by atoms with Gasteiger partial charge in [-0.15, -0.1) is 0 Å². The first-order valence-corrected chi connectivity index (χ1v) is 4.71. The lowest BCUT2D eigenvalue weighted by atomic mass is 10.1. The largest absolute Gasteiger partial charge is 0.376 e. The van der Waals surface area contributed by atoms with Crippen LogP contribution in [0.3, 0.4) is 0 Å². The van der Waals surface area contributed by atoms with Gasteiger partial charge in [-0.2, -0.15) is 5.26 Å². The Morgan fingerprint density at radius 3 is 2.93 bits per heavy atom. The van der Waals surface area contributed by atoms with E-state index >= 15 is 0 Å². The standard InChI is InChI=1S/C11H10FNO2/c12-11-8(6-13)2-1-3-9(11)10-7-14-4-5-15-10/h1-3,10H,4-5,7H2. The fourth-order valence-corrected chi connectivity index (χ4v) is 1.55. The number of hydrogen-bond acceptors (Lipinski definition) is 3. The molecule has 0 saturated carbocycles. The van der Waals surface area contributed by atoms with Crippen molar-refractivity contribution in [1.29, 1.82) is 5.26 Å². The van der Waals surface area contributed by atoms with Crippen molar-refractivity contribution in [2.45, 2.75) is 6.10 Å². The van der Waals surface area contributed by atoms with Gasteiger partial charge in [0.15, 0.2) is 0 Å². The smallest absolute Gasteiger partial charge is 0.146 e. The lowest BCUT2D eigenvalue weighted by Gasteiger charge is -2.23. The molecule has 78 valence electrons. The monoisotopic (exact) mass is 207 g/mol. The summed E-state index contributed by atoms with van der Waals surface area (Å²) >= 11 is 0. The molecule has 1 aromatic rings. The summed E-state index contributed by atoms with van der Waals surface area (Å²) in [5.74, 6) is -0.504. The lowest BCUT2D eigenvalue weighted by Crippen LogP contribution is -2.22. The Morgan fingerprint density at radius 1 is 1.40 bits per heavy atom. The third kappa shape index (κ3) is 1.99. The summed E-state index contributed by atoms with van der Waals surface area (Å²) in [4.78, 5) is 0. The summed E-state index contributed by atoms with van der Waals surface area (Å²) in [6, 6.07) is 6.52. The predicted octanol–water partition coefficient (Wildman–Crippen LogP) is 1.79. The van der Waals surface area contributed by atoms with E-state index in [1.165, 1.54) is 6.07 Å². The van der Waals surface area contributed by atoms with Crippen molar-refractivity contribution in [1.82, 2.24) is 0 Å². The Hall–Kier alpha value is -1.44. The van der Waals surface area contributed by atoms with E-state index in [1.54, 1.807) is 18.2 Å². The van der Waals surface area contributed by atoms with Crippen LogP contribution in [0, 0.1) is 17.1 Å². The van der Waals surface area contributed by atoms with Gasteiger partial charge < -0.3 is 9.47 Å². The normalized spacial score (nSPS) is 20.9. The number of halogens is 1. The average Bonchev–Trinajstić information content (AvgIpc) is 2.30. The predicted molar refractivity (Wildman–Crippen MR) is 50.6 cm³/mol. The van der Waals surface area contributed by atoms with Gasteiger partial charge in [0.25, 0.3) is 0 Å². The molecule has 0 aromatic heterocycles. The van der Waals surface area contributed by atoms with Gasteiger partial charge in [0.1, 0.15) is 18.0 Å². The number of nitrogens with zero attached hydrogens (tertiary/aromatic N) is 1. The number of hydrogen-bond donors (Lipinski definition) is 0. The summed E-state index contributed by atoms with van der Waals surface area (Å²) in [6.45, 7) is 1.34. The highest BCUT2D eigenvalue weighted by Gasteiger charge is 2.21. The molecule has 4 heteroatoms. The Bertz CT molecular complexity index is 394. The van der Waals surface area contributed by atoms with E-state index in [-0.39, 0.29) is 5.56 Å². The van der Waals surface area contributed by atoms with Crippen LogP contribution in [0.4, 0.5) is 4.39 Å². The topological polar surface area (TPSA) is 42.2 Å². The molecule has 0 amide bonds. The molecule has 1 saturated heterocycles. The minimum Gasteiger partial charge on any atom is -0.376 e. The van der Waals surface area contributed by atoms with E-state index < -0.39 is 11.9 Å². The van der Waals surface area contributed by atoms with Gasteiger partial charge >= 0.3 is 0 Å². The summed E-state index contributed by atoms with van der Waals surface area (Å²) in [5, 5.41) is 8.68. The van der Waals surface area contributed by atoms with Crippen LogP contribution in [0.25, 0.3) is 0 Å². The van der Waals surface area contributed by atoms with Gasteiger partial charge in [-0.1, -0.05) is 12.1 Å². The number of nitriles is 1. The summed E-state index contributed by atoms with van der Waals surface area (Å²) in [5.41, 5.74) is 0.440. The maximum Gasteiger partial charge on any atom is 0.146 e. The molecule has 0 spiro atoms. The first-order valence-electron chi connectivity index (χ1n) is 4.71. The van der Waals surface area contributed by atoms with Gasteiger partial charge in [-0.25, -0.2) is 4.39 Å². The Labute approximate surface area is 87.0 Å². The van der Waals surface area contributed by atoms with Gasteiger partial charge in [-0.3, -0.25) is 0 Å². The van der Waals surface area contributed by atoms with Crippen LogP contribution in [0.15, 0.2) is 18.2 Å². The fourth-order valence-electron chi connectivity index (χ4n) is 1.55. The van der Waals surface area contributed by atoms with Crippen LogP contribution in [0.1, 0.15) is 17.2 Å². The highest BCUT2D eigenvalue weighted by Crippen LogP contribution is 2.24. The van der Waals surface area contributed by atoms with Crippen LogP contribution in [-0.4, -0.2) is 19.8 Å². The summed E-state index contributed by atoms with van der Waals surface area (Å²) in [6.07, 6.45) is -0.396. The number of benzene rings is 1. The van der Waals surface area contributed by atoms with Crippen molar-refractivity contribution in [3.63, 3.8) is 0 Å². The third-order valence-electron chi connectivity index (χ3n) is 2.31. The van der Waals surface area contributed by atoms with Crippen LogP contribution in [0.5, 0.6) is 0 Å². The third-order valence-corrected chi connectivity index (χ3v) is 2.31. The number of rotatable bonds is 1. The maximum absolute atomic E-state index is 13.7. The first kappa shape index (κ1) is 10.1. The van der Waals surface area contributed by atoms with Crippen LogP contribution >= 0.6 is 0 Å². The fraction of sp³-hybridized carbons (Fsp3) is 0.364. The molecule has 1 heterocycles. The van der Waals surface area contributed by atoms with Crippen molar-refractivity contribution in [2.24, 2.45) is 0 Å². The molecule has 1 aromatic carbocycles. The van der Waals surface area contributed by atoms with Gasteiger partial charge in [0.2, 0.25) is 0 Å². The van der Waals surface area contributed by atoms with Crippen molar-refractivity contribution in [3.8, 4) is 6.07 Å². The van der Waals surface area contributed by atoms with E-state index in [0.29, 0.717) is 25.4 Å². The van der Waals surface area contributed by atoms with E-state index in [4.69, 9.17) is 14.7 Å². The number of ether oxygens (including phenoxy) is 2. The quantitative estimate of drug-likeness (QED) is 0.705. The summed E-state index contributed by atoms with van der Waals surface area (Å²) < 4.78 is 24.3. The van der Waals surface area contributed by atoms with Crippen LogP contribution < -0.4 is 0 Å². The molecule has 3 nitrogen and oxygen atoms in total. The minimum absolute atomic E-state index is 0.0432. The van der Waals surface area contributed by atoms with E-state index in [0.717, 1.165) is 0 Å². The Balaban J connectivity index is 2.31. The lowest BCUT2D eigenvalue weighted by molar-refractivity contribution is -0.0913. The molecule has 1 fully saturated rings. The second kappa shape index (κ2) is 4.39. The zero-order chi connectivity index (χ0) is 10.7. The zero-order valence-electron chi connectivity index (χ0n) is 8.07. The highest BCUT2D eigenvalue weighted by molar-refractivity contribution is 5.36. The molecule has 15 heavy (non-hydrogen) atoms. The van der Waals surface area contributed by atoms with E-state index in [2.05, 4.69) is 0 Å². The second-order valence-corrected chi connectivity index (χ2v) is 3.25. The molecule has 2 rings (SSSR count). The van der Waals surface area contributed by atoms with E-state index in [1.807, 2.05) is 0 Å². The van der Waals surface area contributed by atoms with Gasteiger partial charge in [-0.05, 0) is 6.07 Å². The Kier molecular flexibility index (Phi) is 2.95. The van der Waals surface area contributed by atoms with E-state index in [9.17, 15) is 4.39 Å². The highest BCUT2D eigenvalue weighted by atomic mass is 19.1. The average molecular weight is 207 g/mol. The second-order valence-electron chi connectivity index (χ2n) is 3.25. The molecule has 0 bridgehead atoms. The van der Waals surface area contributed by atoms with Crippen LogP contribution in [0.2, 0.25) is 0 Å².